The van der Waals surface area contributed by atoms with E-state index in [1.807, 2.05) is 54.6 Å². The second-order valence-corrected chi connectivity index (χ2v) is 4.24. The average Bonchev–Trinajstić information content (AvgIpc) is 2.52. The van der Waals surface area contributed by atoms with Crippen molar-refractivity contribution in [2.24, 2.45) is 0 Å². The molecule has 0 aliphatic heterocycles. The van der Waals surface area contributed by atoms with Gasteiger partial charge in [0, 0.05) is 0 Å². The van der Waals surface area contributed by atoms with Crippen LogP contribution in [0, 0.1) is 0 Å². The minimum absolute atomic E-state index is 0.738. The normalized spacial score (nSPS) is 11.1. The van der Waals surface area contributed by atoms with Gasteiger partial charge in [-0.3, -0.25) is 0 Å². The molecule has 2 aromatic rings. The summed E-state index contributed by atoms with van der Waals surface area (Å²) in [6.45, 7) is 0. The fourth-order valence-electron chi connectivity index (χ4n) is 1.85. The molecular formula is C18H18O2. The molecule has 20 heavy (non-hydrogen) atoms. The maximum atomic E-state index is 5.28. The van der Waals surface area contributed by atoms with Crippen LogP contribution in [0.2, 0.25) is 0 Å². The number of allylic oxidation sites excluding steroid dienone is 2. The Kier molecular flexibility index (Phi) is 5.01. The second-order valence-electron chi connectivity index (χ2n) is 4.24. The maximum Gasteiger partial charge on any atom is 0.161 e. The van der Waals surface area contributed by atoms with Gasteiger partial charge >= 0.3 is 0 Å². The van der Waals surface area contributed by atoms with E-state index in [2.05, 4.69) is 18.2 Å². The first-order valence-corrected chi connectivity index (χ1v) is 6.45. The third kappa shape index (κ3) is 3.75. The summed E-state index contributed by atoms with van der Waals surface area (Å²) >= 11 is 0. The first kappa shape index (κ1) is 13.9. The fourth-order valence-corrected chi connectivity index (χ4v) is 1.85. The first-order valence-electron chi connectivity index (χ1n) is 6.45. The van der Waals surface area contributed by atoms with Crippen LogP contribution in [0.25, 0.3) is 12.2 Å². The molecule has 0 atom stereocenters. The molecule has 2 rings (SSSR count). The summed E-state index contributed by atoms with van der Waals surface area (Å²) in [5.74, 6) is 1.48. The molecule has 0 aliphatic rings. The van der Waals surface area contributed by atoms with Gasteiger partial charge in [-0.25, -0.2) is 0 Å². The summed E-state index contributed by atoms with van der Waals surface area (Å²) in [4.78, 5) is 0. The number of hydrogen-bond donors (Lipinski definition) is 0. The molecule has 0 radical (unpaired) electrons. The van der Waals surface area contributed by atoms with Gasteiger partial charge in [-0.1, -0.05) is 60.7 Å². The molecule has 2 heteroatoms. The molecule has 0 saturated carbocycles. The predicted octanol–water partition coefficient (Wildman–Crippen LogP) is 4.43. The molecule has 102 valence electrons. The van der Waals surface area contributed by atoms with Crippen LogP contribution in [0.4, 0.5) is 0 Å². The zero-order valence-electron chi connectivity index (χ0n) is 11.7. The molecule has 0 unspecified atom stereocenters. The Morgan fingerprint density at radius 3 is 2.00 bits per heavy atom. The van der Waals surface area contributed by atoms with Crippen LogP contribution in [0.15, 0.2) is 60.7 Å². The summed E-state index contributed by atoms with van der Waals surface area (Å²) in [5.41, 5.74) is 2.25. The molecule has 2 nitrogen and oxygen atoms in total. The van der Waals surface area contributed by atoms with Crippen molar-refractivity contribution < 1.29 is 9.47 Å². The van der Waals surface area contributed by atoms with Gasteiger partial charge in [-0.2, -0.15) is 0 Å². The van der Waals surface area contributed by atoms with Crippen molar-refractivity contribution in [3.8, 4) is 11.5 Å². The lowest BCUT2D eigenvalue weighted by molar-refractivity contribution is 0.355. The SMILES string of the molecule is COc1ccc(/C=C/C=C/c2ccccc2)cc1OC. The molecule has 2 aromatic carbocycles. The Balaban J connectivity index is 2.06. The van der Waals surface area contributed by atoms with E-state index < -0.39 is 0 Å². The van der Waals surface area contributed by atoms with Crippen LogP contribution in [-0.2, 0) is 0 Å². The highest BCUT2D eigenvalue weighted by atomic mass is 16.5. The minimum Gasteiger partial charge on any atom is -0.493 e. The molecule has 0 saturated heterocycles. The number of methoxy groups -OCH3 is 2. The average molecular weight is 266 g/mol. The monoisotopic (exact) mass is 266 g/mol. The van der Waals surface area contributed by atoms with E-state index >= 15 is 0 Å². The largest absolute Gasteiger partial charge is 0.493 e. The summed E-state index contributed by atoms with van der Waals surface area (Å²) in [7, 11) is 3.27. The molecule has 0 heterocycles. The zero-order valence-corrected chi connectivity index (χ0v) is 11.7. The summed E-state index contributed by atoms with van der Waals surface area (Å²) in [6.07, 6.45) is 8.12. The van der Waals surface area contributed by atoms with Crippen LogP contribution in [0.5, 0.6) is 11.5 Å². The highest BCUT2D eigenvalue weighted by molar-refractivity contribution is 5.59. The van der Waals surface area contributed by atoms with Gasteiger partial charge in [0.2, 0.25) is 0 Å². The highest BCUT2D eigenvalue weighted by Gasteiger charge is 2.01. The Hall–Kier alpha value is -2.48. The van der Waals surface area contributed by atoms with Crippen LogP contribution < -0.4 is 9.47 Å². The van der Waals surface area contributed by atoms with Crippen molar-refractivity contribution in [3.63, 3.8) is 0 Å². The van der Waals surface area contributed by atoms with Gasteiger partial charge in [0.15, 0.2) is 11.5 Å². The fraction of sp³-hybridized carbons (Fsp3) is 0.111. The van der Waals surface area contributed by atoms with Gasteiger partial charge in [-0.15, -0.1) is 0 Å². The zero-order chi connectivity index (χ0) is 14.2. The van der Waals surface area contributed by atoms with Crippen molar-refractivity contribution >= 4 is 12.2 Å². The molecule has 0 bridgehead atoms. The molecular weight excluding hydrogens is 248 g/mol. The van der Waals surface area contributed by atoms with Gasteiger partial charge in [0.25, 0.3) is 0 Å². The van der Waals surface area contributed by atoms with Gasteiger partial charge < -0.3 is 9.47 Å². The van der Waals surface area contributed by atoms with E-state index in [0.717, 1.165) is 17.1 Å². The van der Waals surface area contributed by atoms with Crippen molar-refractivity contribution in [2.75, 3.05) is 14.2 Å². The van der Waals surface area contributed by atoms with E-state index in [4.69, 9.17) is 9.47 Å². The molecule has 0 spiro atoms. The van der Waals surface area contributed by atoms with Gasteiger partial charge in [0.05, 0.1) is 14.2 Å². The van der Waals surface area contributed by atoms with Crippen molar-refractivity contribution in [2.45, 2.75) is 0 Å². The van der Waals surface area contributed by atoms with Gasteiger partial charge in [-0.05, 0) is 23.3 Å². The molecule has 0 aliphatic carbocycles. The first-order chi connectivity index (χ1) is 9.83. The van der Waals surface area contributed by atoms with Crippen molar-refractivity contribution in [3.05, 3.63) is 71.8 Å². The second kappa shape index (κ2) is 7.19. The maximum absolute atomic E-state index is 5.28. The molecule has 0 amide bonds. The number of rotatable bonds is 5. The lowest BCUT2D eigenvalue weighted by Gasteiger charge is -2.07. The Bertz CT molecular complexity index is 598. The topological polar surface area (TPSA) is 18.5 Å². The smallest absolute Gasteiger partial charge is 0.161 e. The number of benzene rings is 2. The molecule has 0 aromatic heterocycles. The van der Waals surface area contributed by atoms with E-state index in [9.17, 15) is 0 Å². The Morgan fingerprint density at radius 2 is 1.35 bits per heavy atom. The summed E-state index contributed by atoms with van der Waals surface area (Å²) in [5, 5.41) is 0. The third-order valence-corrected chi connectivity index (χ3v) is 2.90. The van der Waals surface area contributed by atoms with Crippen molar-refractivity contribution in [1.29, 1.82) is 0 Å². The van der Waals surface area contributed by atoms with Crippen molar-refractivity contribution in [1.82, 2.24) is 0 Å². The van der Waals surface area contributed by atoms with E-state index in [0.29, 0.717) is 0 Å². The third-order valence-electron chi connectivity index (χ3n) is 2.90. The van der Waals surface area contributed by atoms with E-state index in [-0.39, 0.29) is 0 Å². The summed E-state index contributed by atoms with van der Waals surface area (Å²) in [6, 6.07) is 16.0. The van der Waals surface area contributed by atoms with Crippen LogP contribution in [0.3, 0.4) is 0 Å². The predicted molar refractivity (Wildman–Crippen MR) is 84.1 cm³/mol. The van der Waals surface area contributed by atoms with Gasteiger partial charge in [0.1, 0.15) is 0 Å². The molecule has 0 N–H and O–H groups in total. The Morgan fingerprint density at radius 1 is 0.700 bits per heavy atom. The van der Waals surface area contributed by atoms with E-state index in [1.54, 1.807) is 14.2 Å². The van der Waals surface area contributed by atoms with E-state index in [1.165, 1.54) is 5.56 Å². The summed E-state index contributed by atoms with van der Waals surface area (Å²) < 4.78 is 10.5. The lowest BCUT2D eigenvalue weighted by atomic mass is 10.1. The van der Waals surface area contributed by atoms with Crippen LogP contribution >= 0.6 is 0 Å². The van der Waals surface area contributed by atoms with Crippen LogP contribution in [0.1, 0.15) is 11.1 Å². The highest BCUT2D eigenvalue weighted by Crippen LogP contribution is 2.27. The number of ether oxygens (including phenoxy) is 2. The lowest BCUT2D eigenvalue weighted by Crippen LogP contribution is -1.90. The number of hydrogen-bond acceptors (Lipinski definition) is 2. The standard InChI is InChI=1S/C18H18O2/c1-19-17-13-12-16(14-18(17)20-2)11-7-6-10-15-8-4-3-5-9-15/h3-14H,1-2H3/b10-6+,11-7+. The minimum atomic E-state index is 0.738. The van der Waals surface area contributed by atoms with Crippen LogP contribution in [-0.4, -0.2) is 14.2 Å². The quantitative estimate of drug-likeness (QED) is 0.745. The Labute approximate surface area is 120 Å². The molecule has 0 fully saturated rings.